The number of nitrogens with zero attached hydrogens (tertiary/aromatic N) is 1. The minimum Gasteiger partial charge on any atom is -0.345 e. The molecule has 0 aliphatic heterocycles. The maximum Gasteiger partial charge on any atom is 0.106 e. The summed E-state index contributed by atoms with van der Waals surface area (Å²) in [5.74, 6) is 1.19. The highest BCUT2D eigenvalue weighted by atomic mass is 15.0. The van der Waals surface area contributed by atoms with Crippen LogP contribution in [-0.2, 0) is 17.3 Å². The Bertz CT molecular complexity index is 441. The first-order valence-electron chi connectivity index (χ1n) is 9.38. The summed E-state index contributed by atoms with van der Waals surface area (Å²) < 4.78 is 0. The first-order valence-corrected chi connectivity index (χ1v) is 9.38. The van der Waals surface area contributed by atoms with Gasteiger partial charge in [-0.05, 0) is 19.3 Å². The van der Waals surface area contributed by atoms with Crippen molar-refractivity contribution in [1.29, 1.82) is 0 Å². The van der Waals surface area contributed by atoms with E-state index in [0.717, 1.165) is 12.8 Å². The molecule has 1 aromatic heterocycles. The van der Waals surface area contributed by atoms with E-state index in [9.17, 15) is 0 Å². The van der Waals surface area contributed by atoms with Gasteiger partial charge in [0, 0.05) is 22.9 Å². The molecule has 2 heteroatoms. The summed E-state index contributed by atoms with van der Waals surface area (Å²) in [4.78, 5) is 8.74. The molecule has 0 saturated heterocycles. The zero-order chi connectivity index (χ0) is 16.8. The summed E-state index contributed by atoms with van der Waals surface area (Å²) >= 11 is 0. The average molecular weight is 307 g/mol. The number of aromatic nitrogens is 2. The number of nitrogens with one attached hydrogen (secondary N) is 1. The monoisotopic (exact) mass is 306 g/mol. The Morgan fingerprint density at radius 2 is 1.50 bits per heavy atom. The van der Waals surface area contributed by atoms with Gasteiger partial charge in [0.1, 0.15) is 5.82 Å². The van der Waals surface area contributed by atoms with Crippen LogP contribution in [0.4, 0.5) is 0 Å². The van der Waals surface area contributed by atoms with Gasteiger partial charge in [0.25, 0.3) is 0 Å². The molecule has 0 aromatic carbocycles. The van der Waals surface area contributed by atoms with Crippen molar-refractivity contribution < 1.29 is 0 Å². The lowest BCUT2D eigenvalue weighted by Crippen LogP contribution is -2.26. The molecule has 2 nitrogen and oxygen atoms in total. The molecule has 1 aromatic rings. The van der Waals surface area contributed by atoms with Crippen LogP contribution >= 0.6 is 0 Å². The van der Waals surface area contributed by atoms with Gasteiger partial charge in [0.2, 0.25) is 0 Å². The smallest absolute Gasteiger partial charge is 0.106 e. The molecule has 1 heterocycles. The standard InChI is InChI=1S/C20H38N2/c1-8-11-13-15-20(6,7)18-17(19(4,5)10-3)21-16(22-18)14-12-9-2/h8-15H2,1-7H3,(H,21,22). The zero-order valence-electron chi connectivity index (χ0n) is 16.1. The highest BCUT2D eigenvalue weighted by Crippen LogP contribution is 2.37. The van der Waals surface area contributed by atoms with Crippen LogP contribution in [-0.4, -0.2) is 9.97 Å². The Labute approximate surface area is 138 Å². The molecule has 1 N–H and O–H groups in total. The van der Waals surface area contributed by atoms with Crippen LogP contribution in [0.3, 0.4) is 0 Å². The first kappa shape index (κ1) is 19.3. The molecule has 0 radical (unpaired) electrons. The predicted octanol–water partition coefficient (Wildman–Crippen LogP) is 6.30. The average Bonchev–Trinajstić information content (AvgIpc) is 2.91. The van der Waals surface area contributed by atoms with Crippen molar-refractivity contribution in [1.82, 2.24) is 9.97 Å². The molecule has 0 bridgehead atoms. The van der Waals surface area contributed by atoms with Crippen molar-refractivity contribution in [3.63, 3.8) is 0 Å². The lowest BCUT2D eigenvalue weighted by molar-refractivity contribution is 0.413. The molecule has 0 fully saturated rings. The van der Waals surface area contributed by atoms with Crippen LogP contribution in [0.5, 0.6) is 0 Å². The van der Waals surface area contributed by atoms with Crippen molar-refractivity contribution in [2.75, 3.05) is 0 Å². The second kappa shape index (κ2) is 8.17. The molecule has 0 saturated carbocycles. The molecular weight excluding hydrogens is 268 g/mol. The van der Waals surface area contributed by atoms with Crippen molar-refractivity contribution >= 4 is 0 Å². The molecule has 1 rings (SSSR count). The number of rotatable bonds is 10. The lowest BCUT2D eigenvalue weighted by atomic mass is 9.76. The number of unbranched alkanes of at least 4 members (excludes halogenated alkanes) is 3. The van der Waals surface area contributed by atoms with Crippen molar-refractivity contribution in [3.05, 3.63) is 17.2 Å². The van der Waals surface area contributed by atoms with E-state index in [1.54, 1.807) is 0 Å². The van der Waals surface area contributed by atoms with Gasteiger partial charge >= 0.3 is 0 Å². The number of hydrogen-bond acceptors (Lipinski definition) is 1. The van der Waals surface area contributed by atoms with Gasteiger partial charge in [0.15, 0.2) is 0 Å². The van der Waals surface area contributed by atoms with E-state index in [2.05, 4.69) is 53.5 Å². The Hall–Kier alpha value is -0.790. The van der Waals surface area contributed by atoms with Crippen molar-refractivity contribution in [3.8, 4) is 0 Å². The molecule has 128 valence electrons. The predicted molar refractivity (Wildman–Crippen MR) is 97.7 cm³/mol. The van der Waals surface area contributed by atoms with Crippen LogP contribution in [0.1, 0.15) is 111 Å². The summed E-state index contributed by atoms with van der Waals surface area (Å²) in [5, 5.41) is 0. The number of imidazole rings is 1. The number of H-pyrrole nitrogens is 1. The van der Waals surface area contributed by atoms with Gasteiger partial charge < -0.3 is 4.98 Å². The maximum atomic E-state index is 5.03. The Kier molecular flexibility index (Phi) is 7.15. The third-order valence-electron chi connectivity index (χ3n) is 5.13. The quantitative estimate of drug-likeness (QED) is 0.505. The highest BCUT2D eigenvalue weighted by Gasteiger charge is 2.33. The highest BCUT2D eigenvalue weighted by molar-refractivity contribution is 5.29. The first-order chi connectivity index (χ1) is 10.3. The third kappa shape index (κ3) is 4.86. The molecule has 0 spiro atoms. The number of aromatic amines is 1. The molecular formula is C20H38N2. The fourth-order valence-electron chi connectivity index (χ4n) is 2.97. The van der Waals surface area contributed by atoms with E-state index >= 15 is 0 Å². The fraction of sp³-hybridized carbons (Fsp3) is 0.850. The van der Waals surface area contributed by atoms with Crippen LogP contribution in [0.15, 0.2) is 0 Å². The summed E-state index contributed by atoms with van der Waals surface area (Å²) in [5.41, 5.74) is 3.04. The summed E-state index contributed by atoms with van der Waals surface area (Å²) in [6.45, 7) is 16.2. The molecule has 22 heavy (non-hydrogen) atoms. The summed E-state index contributed by atoms with van der Waals surface area (Å²) in [6, 6.07) is 0. The Morgan fingerprint density at radius 3 is 2.05 bits per heavy atom. The normalized spacial score (nSPS) is 12.9. The Balaban J connectivity index is 3.10. The minimum absolute atomic E-state index is 0.151. The largest absolute Gasteiger partial charge is 0.345 e. The SMILES string of the molecule is CCCCCC(C)(C)c1[nH]c(CCCC)nc1C(C)(C)CC. The molecule has 0 unspecified atom stereocenters. The van der Waals surface area contributed by atoms with E-state index < -0.39 is 0 Å². The van der Waals surface area contributed by atoms with Gasteiger partial charge in [-0.3, -0.25) is 0 Å². The third-order valence-corrected chi connectivity index (χ3v) is 5.13. The molecule has 0 amide bonds. The van der Waals surface area contributed by atoms with Crippen LogP contribution in [0, 0.1) is 0 Å². The summed E-state index contributed by atoms with van der Waals surface area (Å²) in [6.07, 6.45) is 9.80. The molecule has 0 aliphatic rings. The van der Waals surface area contributed by atoms with Crippen LogP contribution in [0.2, 0.25) is 0 Å². The maximum absolute atomic E-state index is 5.03. The second-order valence-electron chi connectivity index (χ2n) is 8.09. The molecule has 0 aliphatic carbocycles. The van der Waals surface area contributed by atoms with Gasteiger partial charge in [-0.1, -0.05) is 74.1 Å². The van der Waals surface area contributed by atoms with Gasteiger partial charge in [-0.25, -0.2) is 4.98 Å². The van der Waals surface area contributed by atoms with E-state index in [4.69, 9.17) is 4.98 Å². The van der Waals surface area contributed by atoms with Crippen LogP contribution < -0.4 is 0 Å². The van der Waals surface area contributed by atoms with Crippen LogP contribution in [0.25, 0.3) is 0 Å². The summed E-state index contributed by atoms with van der Waals surface area (Å²) in [7, 11) is 0. The van der Waals surface area contributed by atoms with E-state index in [-0.39, 0.29) is 10.8 Å². The fourth-order valence-corrected chi connectivity index (χ4v) is 2.97. The molecule has 0 atom stereocenters. The topological polar surface area (TPSA) is 28.7 Å². The van der Waals surface area contributed by atoms with Gasteiger partial charge in [-0.2, -0.15) is 0 Å². The number of aryl methyl sites for hydroxylation is 1. The second-order valence-corrected chi connectivity index (χ2v) is 8.09. The zero-order valence-corrected chi connectivity index (χ0v) is 16.1. The van der Waals surface area contributed by atoms with Crippen molar-refractivity contribution in [2.24, 2.45) is 0 Å². The van der Waals surface area contributed by atoms with Gasteiger partial charge in [-0.15, -0.1) is 0 Å². The van der Waals surface area contributed by atoms with Gasteiger partial charge in [0.05, 0.1) is 5.69 Å². The minimum atomic E-state index is 0.151. The number of hydrogen-bond donors (Lipinski definition) is 1. The lowest BCUT2D eigenvalue weighted by Gasteiger charge is -2.30. The van der Waals surface area contributed by atoms with Crippen molar-refractivity contribution in [2.45, 2.75) is 111 Å². The Morgan fingerprint density at radius 1 is 0.864 bits per heavy atom. The van der Waals surface area contributed by atoms with E-state index in [0.29, 0.717) is 0 Å². The van der Waals surface area contributed by atoms with E-state index in [1.165, 1.54) is 55.7 Å². The van der Waals surface area contributed by atoms with E-state index in [1.807, 2.05) is 0 Å².